The molecule has 0 heterocycles. The number of carboxylic acids is 1. The molecule has 0 aromatic heterocycles. The van der Waals surface area contributed by atoms with Crippen LogP contribution in [0.1, 0.15) is 33.1 Å². The standard InChI is InChI=1S/C13H20O8/c1-8(14)10(5-4-6-11(15)16)21-12(17)7-20-13(18)9(2)19-3/h9-10H,4-7H2,1-3H3,(H,15,16). The minimum Gasteiger partial charge on any atom is -0.481 e. The largest absolute Gasteiger partial charge is 0.481 e. The predicted molar refractivity (Wildman–Crippen MR) is 69.5 cm³/mol. The maximum atomic E-state index is 11.5. The van der Waals surface area contributed by atoms with Gasteiger partial charge in [0.1, 0.15) is 0 Å². The lowest BCUT2D eigenvalue weighted by molar-refractivity contribution is -0.168. The number of ketones is 1. The summed E-state index contributed by atoms with van der Waals surface area (Å²) in [6.07, 6.45) is -1.66. The van der Waals surface area contributed by atoms with Crippen LogP contribution in [0.15, 0.2) is 0 Å². The Morgan fingerprint density at radius 3 is 2.29 bits per heavy atom. The summed E-state index contributed by atoms with van der Waals surface area (Å²) < 4.78 is 14.2. The fourth-order valence-electron chi connectivity index (χ4n) is 1.32. The van der Waals surface area contributed by atoms with Gasteiger partial charge in [0, 0.05) is 13.5 Å². The molecule has 120 valence electrons. The first-order valence-electron chi connectivity index (χ1n) is 6.39. The normalized spacial score (nSPS) is 13.1. The molecule has 0 aromatic carbocycles. The minimum atomic E-state index is -1.03. The molecule has 1 N–H and O–H groups in total. The molecule has 0 saturated carbocycles. The Labute approximate surface area is 122 Å². The molecule has 0 spiro atoms. The minimum absolute atomic E-state index is 0.107. The highest BCUT2D eigenvalue weighted by molar-refractivity contribution is 5.84. The monoisotopic (exact) mass is 304 g/mol. The Bertz CT molecular complexity index is 390. The number of hydrogen-bond acceptors (Lipinski definition) is 7. The number of aliphatic carboxylic acids is 1. The van der Waals surface area contributed by atoms with Gasteiger partial charge in [-0.2, -0.15) is 0 Å². The van der Waals surface area contributed by atoms with Crippen molar-refractivity contribution in [2.45, 2.75) is 45.3 Å². The lowest BCUT2D eigenvalue weighted by Crippen LogP contribution is -2.30. The molecule has 8 nitrogen and oxygen atoms in total. The molecule has 0 aliphatic carbocycles. The third-order valence-corrected chi connectivity index (χ3v) is 2.60. The summed E-state index contributed by atoms with van der Waals surface area (Å²) in [7, 11) is 1.32. The molecule has 0 bridgehead atoms. The zero-order chi connectivity index (χ0) is 16.4. The van der Waals surface area contributed by atoms with Crippen LogP contribution in [0, 0.1) is 0 Å². The topological polar surface area (TPSA) is 116 Å². The molecule has 0 amide bonds. The number of carboxylic acid groups (broad SMARTS) is 1. The van der Waals surface area contributed by atoms with E-state index in [2.05, 4.69) is 4.74 Å². The highest BCUT2D eigenvalue weighted by Gasteiger charge is 2.21. The molecule has 0 radical (unpaired) electrons. The molecule has 0 aromatic rings. The van der Waals surface area contributed by atoms with Gasteiger partial charge < -0.3 is 19.3 Å². The van der Waals surface area contributed by atoms with Crippen LogP contribution in [0.2, 0.25) is 0 Å². The average Bonchev–Trinajstić information content (AvgIpc) is 2.42. The molecule has 8 heteroatoms. The summed E-state index contributed by atoms with van der Waals surface area (Å²) in [5, 5.41) is 8.51. The van der Waals surface area contributed by atoms with Crippen LogP contribution in [-0.4, -0.2) is 54.7 Å². The Morgan fingerprint density at radius 1 is 1.19 bits per heavy atom. The second-order valence-electron chi connectivity index (χ2n) is 4.36. The number of esters is 2. The number of ether oxygens (including phenoxy) is 3. The second-order valence-corrected chi connectivity index (χ2v) is 4.36. The maximum absolute atomic E-state index is 11.5. The Hall–Kier alpha value is -1.96. The highest BCUT2D eigenvalue weighted by Crippen LogP contribution is 2.07. The molecule has 2 atom stereocenters. The quantitative estimate of drug-likeness (QED) is 0.573. The number of carbonyl (C=O) groups is 4. The van der Waals surface area contributed by atoms with Gasteiger partial charge in [-0.1, -0.05) is 0 Å². The number of methoxy groups -OCH3 is 1. The Kier molecular flexibility index (Phi) is 8.95. The maximum Gasteiger partial charge on any atom is 0.344 e. The van der Waals surface area contributed by atoms with Crippen molar-refractivity contribution in [2.24, 2.45) is 0 Å². The first-order valence-corrected chi connectivity index (χ1v) is 6.39. The van der Waals surface area contributed by atoms with Crippen LogP contribution >= 0.6 is 0 Å². The first kappa shape index (κ1) is 19.0. The van der Waals surface area contributed by atoms with E-state index >= 15 is 0 Å². The van der Waals surface area contributed by atoms with E-state index in [-0.39, 0.29) is 19.3 Å². The fraction of sp³-hybridized carbons (Fsp3) is 0.692. The zero-order valence-corrected chi connectivity index (χ0v) is 12.3. The van der Waals surface area contributed by atoms with Crippen LogP contribution in [0.5, 0.6) is 0 Å². The predicted octanol–water partition coefficient (Wildman–Crippen LogP) is 0.320. The summed E-state index contributed by atoms with van der Waals surface area (Å²) in [4.78, 5) is 44.4. The molecule has 0 rings (SSSR count). The molecule has 0 saturated heterocycles. The van der Waals surface area contributed by atoms with Crippen LogP contribution in [0.3, 0.4) is 0 Å². The average molecular weight is 304 g/mol. The van der Waals surface area contributed by atoms with E-state index in [0.717, 1.165) is 0 Å². The van der Waals surface area contributed by atoms with Crippen molar-refractivity contribution in [1.29, 1.82) is 0 Å². The SMILES string of the molecule is COC(C)C(=O)OCC(=O)OC(CCCC(=O)O)C(C)=O. The van der Waals surface area contributed by atoms with Crippen molar-refractivity contribution in [3.63, 3.8) is 0 Å². The highest BCUT2D eigenvalue weighted by atomic mass is 16.6. The van der Waals surface area contributed by atoms with Gasteiger partial charge in [-0.05, 0) is 26.7 Å². The van der Waals surface area contributed by atoms with E-state index in [1.54, 1.807) is 0 Å². The lowest BCUT2D eigenvalue weighted by Gasteiger charge is -2.15. The summed E-state index contributed by atoms with van der Waals surface area (Å²) in [6, 6.07) is 0. The fourth-order valence-corrected chi connectivity index (χ4v) is 1.32. The number of hydrogen-bond donors (Lipinski definition) is 1. The summed E-state index contributed by atoms with van der Waals surface area (Å²) >= 11 is 0. The second kappa shape index (κ2) is 9.87. The van der Waals surface area contributed by atoms with Gasteiger partial charge in [0.05, 0.1) is 0 Å². The van der Waals surface area contributed by atoms with Gasteiger partial charge in [0.2, 0.25) is 0 Å². The molecule has 21 heavy (non-hydrogen) atoms. The third-order valence-electron chi connectivity index (χ3n) is 2.60. The van der Waals surface area contributed by atoms with Gasteiger partial charge in [0.15, 0.2) is 24.6 Å². The number of Topliss-reactive ketones (excluding diaryl/α,β-unsaturated/α-hetero) is 1. The van der Waals surface area contributed by atoms with E-state index < -0.39 is 42.5 Å². The van der Waals surface area contributed by atoms with E-state index in [9.17, 15) is 19.2 Å². The van der Waals surface area contributed by atoms with Crippen molar-refractivity contribution in [1.82, 2.24) is 0 Å². The van der Waals surface area contributed by atoms with Crippen molar-refractivity contribution in [2.75, 3.05) is 13.7 Å². The lowest BCUT2D eigenvalue weighted by atomic mass is 10.1. The van der Waals surface area contributed by atoms with E-state index in [1.807, 2.05) is 0 Å². The first-order chi connectivity index (χ1) is 9.77. The van der Waals surface area contributed by atoms with Crippen molar-refractivity contribution >= 4 is 23.7 Å². The van der Waals surface area contributed by atoms with Gasteiger partial charge in [-0.25, -0.2) is 9.59 Å². The third kappa shape index (κ3) is 8.74. The molecular formula is C13H20O8. The van der Waals surface area contributed by atoms with E-state index in [4.69, 9.17) is 14.6 Å². The summed E-state index contributed by atoms with van der Waals surface area (Å²) in [5.74, 6) is -2.99. The van der Waals surface area contributed by atoms with Gasteiger partial charge in [-0.15, -0.1) is 0 Å². The molecule has 0 fully saturated rings. The molecule has 2 unspecified atom stereocenters. The smallest absolute Gasteiger partial charge is 0.344 e. The number of rotatable bonds is 10. The Morgan fingerprint density at radius 2 is 1.81 bits per heavy atom. The molecular weight excluding hydrogens is 284 g/mol. The molecule has 0 aliphatic rings. The summed E-state index contributed by atoms with van der Waals surface area (Å²) in [5.41, 5.74) is 0. The summed E-state index contributed by atoms with van der Waals surface area (Å²) in [6.45, 7) is 2.06. The van der Waals surface area contributed by atoms with Crippen LogP contribution in [0.4, 0.5) is 0 Å². The van der Waals surface area contributed by atoms with Crippen molar-refractivity contribution in [3.8, 4) is 0 Å². The number of carbonyl (C=O) groups excluding carboxylic acids is 3. The zero-order valence-electron chi connectivity index (χ0n) is 12.3. The van der Waals surface area contributed by atoms with Crippen LogP contribution < -0.4 is 0 Å². The van der Waals surface area contributed by atoms with Gasteiger partial charge in [-0.3, -0.25) is 9.59 Å². The van der Waals surface area contributed by atoms with Crippen LogP contribution in [0.25, 0.3) is 0 Å². The van der Waals surface area contributed by atoms with Crippen molar-refractivity contribution < 1.29 is 38.5 Å². The van der Waals surface area contributed by atoms with Crippen molar-refractivity contribution in [3.05, 3.63) is 0 Å². The molecule has 0 aliphatic heterocycles. The van der Waals surface area contributed by atoms with Gasteiger partial charge >= 0.3 is 17.9 Å². The van der Waals surface area contributed by atoms with Crippen LogP contribution in [-0.2, 0) is 33.4 Å². The van der Waals surface area contributed by atoms with Gasteiger partial charge in [0.25, 0.3) is 0 Å². The Balaban J connectivity index is 4.20. The van der Waals surface area contributed by atoms with E-state index in [0.29, 0.717) is 0 Å². The van der Waals surface area contributed by atoms with E-state index in [1.165, 1.54) is 21.0 Å².